The molecule has 1 saturated carbocycles. The highest BCUT2D eigenvalue weighted by Gasteiger charge is 2.15. The van der Waals surface area contributed by atoms with E-state index in [4.69, 9.17) is 0 Å². The van der Waals surface area contributed by atoms with E-state index < -0.39 is 0 Å². The Morgan fingerprint density at radius 3 is 2.80 bits per heavy atom. The van der Waals surface area contributed by atoms with E-state index >= 15 is 0 Å². The van der Waals surface area contributed by atoms with Crippen molar-refractivity contribution >= 4 is 11.8 Å². The average Bonchev–Trinajstić information content (AvgIpc) is 2.96. The van der Waals surface area contributed by atoms with Gasteiger partial charge in [0.1, 0.15) is 5.82 Å². The molecule has 0 saturated heterocycles. The smallest absolute Gasteiger partial charge is 0.191 e. The molecule has 1 aromatic heterocycles. The Labute approximate surface area is 121 Å². The Bertz CT molecular complexity index is 449. The van der Waals surface area contributed by atoms with Crippen molar-refractivity contribution in [3.05, 3.63) is 23.9 Å². The maximum atomic E-state index is 4.32. The molecule has 0 radical (unpaired) electrons. The lowest BCUT2D eigenvalue weighted by atomic mass is 10.2. The van der Waals surface area contributed by atoms with Gasteiger partial charge in [0.25, 0.3) is 0 Å². The predicted octanol–water partition coefficient (Wildman–Crippen LogP) is 1.76. The molecule has 0 spiro atoms. The van der Waals surface area contributed by atoms with E-state index in [1.54, 1.807) is 0 Å². The van der Waals surface area contributed by atoms with Gasteiger partial charge in [-0.2, -0.15) is 0 Å². The summed E-state index contributed by atoms with van der Waals surface area (Å²) in [7, 11) is 5.82. The van der Waals surface area contributed by atoms with Gasteiger partial charge in [0.15, 0.2) is 5.96 Å². The van der Waals surface area contributed by atoms with Crippen LogP contribution in [-0.2, 0) is 6.54 Å². The fourth-order valence-corrected chi connectivity index (χ4v) is 2.46. The Hall–Kier alpha value is -1.78. The van der Waals surface area contributed by atoms with Gasteiger partial charge in [-0.3, -0.25) is 4.99 Å². The fraction of sp³-hybridized carbons (Fsp3) is 0.600. The highest BCUT2D eigenvalue weighted by atomic mass is 15.2. The van der Waals surface area contributed by atoms with Crippen LogP contribution in [0.15, 0.2) is 23.3 Å². The average molecular weight is 275 g/mol. The second-order valence-electron chi connectivity index (χ2n) is 5.47. The van der Waals surface area contributed by atoms with Crippen molar-refractivity contribution in [3.63, 3.8) is 0 Å². The van der Waals surface area contributed by atoms with Crippen LogP contribution in [0.1, 0.15) is 31.2 Å². The zero-order chi connectivity index (χ0) is 14.4. The fourth-order valence-electron chi connectivity index (χ4n) is 2.46. The molecule has 0 aromatic carbocycles. The normalized spacial score (nSPS) is 16.2. The summed E-state index contributed by atoms with van der Waals surface area (Å²) in [5.41, 5.74) is 1.21. The Kier molecular flexibility index (Phi) is 5.21. The summed E-state index contributed by atoms with van der Waals surface area (Å²) in [6.45, 7) is 0.760. The molecule has 0 atom stereocenters. The molecular weight excluding hydrogens is 250 g/mol. The second-order valence-corrected chi connectivity index (χ2v) is 5.47. The number of hydrogen-bond acceptors (Lipinski definition) is 3. The monoisotopic (exact) mass is 275 g/mol. The van der Waals surface area contributed by atoms with E-state index in [0.29, 0.717) is 6.04 Å². The van der Waals surface area contributed by atoms with Crippen LogP contribution < -0.4 is 15.5 Å². The first-order valence-corrected chi connectivity index (χ1v) is 7.28. The van der Waals surface area contributed by atoms with Crippen LogP contribution in [0.3, 0.4) is 0 Å². The molecular formula is C15H25N5. The van der Waals surface area contributed by atoms with Crippen molar-refractivity contribution in [2.24, 2.45) is 4.99 Å². The Balaban J connectivity index is 1.87. The SMILES string of the molecule is CN=C(NCc1ccnc(N(C)C)c1)NC1CCCC1. The molecule has 0 amide bonds. The quantitative estimate of drug-likeness (QED) is 0.649. The summed E-state index contributed by atoms with van der Waals surface area (Å²) in [6, 6.07) is 4.70. The van der Waals surface area contributed by atoms with Gasteiger partial charge in [0, 0.05) is 39.9 Å². The summed E-state index contributed by atoms with van der Waals surface area (Å²) in [5, 5.41) is 6.86. The maximum Gasteiger partial charge on any atom is 0.191 e. The lowest BCUT2D eigenvalue weighted by Crippen LogP contribution is -2.41. The molecule has 1 aliphatic carbocycles. The van der Waals surface area contributed by atoms with Crippen LogP contribution in [0.25, 0.3) is 0 Å². The minimum Gasteiger partial charge on any atom is -0.363 e. The number of anilines is 1. The zero-order valence-electron chi connectivity index (χ0n) is 12.7. The van der Waals surface area contributed by atoms with Gasteiger partial charge in [0.05, 0.1) is 0 Å². The van der Waals surface area contributed by atoms with Crippen molar-refractivity contribution in [1.82, 2.24) is 15.6 Å². The molecule has 0 aliphatic heterocycles. The summed E-state index contributed by atoms with van der Waals surface area (Å²) in [5.74, 6) is 1.86. The third kappa shape index (κ3) is 4.11. The molecule has 1 heterocycles. The van der Waals surface area contributed by atoms with Crippen LogP contribution in [0.5, 0.6) is 0 Å². The van der Waals surface area contributed by atoms with Crippen LogP contribution in [-0.4, -0.2) is 38.1 Å². The molecule has 1 aromatic rings. The summed E-state index contributed by atoms with van der Waals surface area (Å²) < 4.78 is 0. The second kappa shape index (κ2) is 7.12. The molecule has 0 bridgehead atoms. The van der Waals surface area contributed by atoms with Gasteiger partial charge in [0.2, 0.25) is 0 Å². The summed E-state index contributed by atoms with van der Waals surface area (Å²) >= 11 is 0. The van der Waals surface area contributed by atoms with E-state index in [9.17, 15) is 0 Å². The number of aromatic nitrogens is 1. The largest absolute Gasteiger partial charge is 0.363 e. The third-order valence-electron chi connectivity index (χ3n) is 3.65. The van der Waals surface area contributed by atoms with E-state index in [-0.39, 0.29) is 0 Å². The first-order chi connectivity index (χ1) is 9.69. The Morgan fingerprint density at radius 2 is 2.15 bits per heavy atom. The minimum atomic E-state index is 0.580. The molecule has 5 heteroatoms. The van der Waals surface area contributed by atoms with E-state index in [1.807, 2.05) is 38.3 Å². The van der Waals surface area contributed by atoms with E-state index in [1.165, 1.54) is 31.2 Å². The van der Waals surface area contributed by atoms with Gasteiger partial charge < -0.3 is 15.5 Å². The summed E-state index contributed by atoms with van der Waals surface area (Å²) in [4.78, 5) is 10.6. The maximum absolute atomic E-state index is 4.32. The van der Waals surface area contributed by atoms with Crippen LogP contribution in [0.2, 0.25) is 0 Å². The lowest BCUT2D eigenvalue weighted by molar-refractivity contribution is 0.613. The highest BCUT2D eigenvalue weighted by molar-refractivity contribution is 5.80. The topological polar surface area (TPSA) is 52.6 Å². The molecule has 1 aliphatic rings. The first kappa shape index (κ1) is 14.6. The number of nitrogens with one attached hydrogen (secondary N) is 2. The molecule has 2 rings (SSSR count). The van der Waals surface area contributed by atoms with Crippen molar-refractivity contribution in [2.75, 3.05) is 26.0 Å². The summed E-state index contributed by atoms with van der Waals surface area (Å²) in [6.07, 6.45) is 7.00. The third-order valence-corrected chi connectivity index (χ3v) is 3.65. The molecule has 20 heavy (non-hydrogen) atoms. The van der Waals surface area contributed by atoms with Gasteiger partial charge in [-0.1, -0.05) is 12.8 Å². The zero-order valence-corrected chi connectivity index (χ0v) is 12.7. The van der Waals surface area contributed by atoms with Gasteiger partial charge in [-0.15, -0.1) is 0 Å². The number of hydrogen-bond donors (Lipinski definition) is 2. The molecule has 1 fully saturated rings. The standard InChI is InChI=1S/C15H25N5/c1-16-15(19-13-6-4-5-7-13)18-11-12-8-9-17-14(10-12)20(2)3/h8-10,13H,4-7,11H2,1-3H3,(H2,16,18,19). The van der Waals surface area contributed by atoms with Gasteiger partial charge in [-0.25, -0.2) is 4.98 Å². The van der Waals surface area contributed by atoms with Gasteiger partial charge in [-0.05, 0) is 30.5 Å². The number of nitrogens with zero attached hydrogens (tertiary/aromatic N) is 3. The van der Waals surface area contributed by atoms with Crippen LogP contribution in [0, 0.1) is 0 Å². The molecule has 110 valence electrons. The lowest BCUT2D eigenvalue weighted by Gasteiger charge is -2.17. The van der Waals surface area contributed by atoms with Crippen molar-refractivity contribution in [3.8, 4) is 0 Å². The highest BCUT2D eigenvalue weighted by Crippen LogP contribution is 2.17. The van der Waals surface area contributed by atoms with E-state index in [0.717, 1.165) is 18.3 Å². The number of guanidine groups is 1. The molecule has 2 N–H and O–H groups in total. The number of rotatable bonds is 4. The number of pyridine rings is 1. The Morgan fingerprint density at radius 1 is 1.40 bits per heavy atom. The predicted molar refractivity (Wildman–Crippen MR) is 84.2 cm³/mol. The van der Waals surface area contributed by atoms with Crippen molar-refractivity contribution in [2.45, 2.75) is 38.3 Å². The minimum absolute atomic E-state index is 0.580. The van der Waals surface area contributed by atoms with Crippen LogP contribution >= 0.6 is 0 Å². The van der Waals surface area contributed by atoms with Crippen molar-refractivity contribution in [1.29, 1.82) is 0 Å². The van der Waals surface area contributed by atoms with Gasteiger partial charge >= 0.3 is 0 Å². The molecule has 0 unspecified atom stereocenters. The van der Waals surface area contributed by atoms with Crippen molar-refractivity contribution < 1.29 is 0 Å². The first-order valence-electron chi connectivity index (χ1n) is 7.28. The number of aliphatic imine (C=N–C) groups is 1. The molecule has 5 nitrogen and oxygen atoms in total. The van der Waals surface area contributed by atoms with E-state index in [2.05, 4.69) is 26.7 Å². The van der Waals surface area contributed by atoms with Crippen LogP contribution in [0.4, 0.5) is 5.82 Å².